The third kappa shape index (κ3) is 3.03. The molecule has 3 heterocycles. The molecule has 1 unspecified atom stereocenters. The van der Waals surface area contributed by atoms with E-state index in [9.17, 15) is 4.79 Å². The Morgan fingerprint density at radius 1 is 1.22 bits per heavy atom. The number of hydrogen-bond donors (Lipinski definition) is 1. The third-order valence-electron chi connectivity index (χ3n) is 4.81. The standard InChI is InChI=1S/C17H20BrN3O2/c18-13-1-2-15-12(9-13)10-16(23-15)17(22)21-6-3-14(11-21)20-7-4-19-5-8-20/h1-2,9-10,14,19H,3-8,11H2. The van der Waals surface area contributed by atoms with Crippen molar-refractivity contribution in [1.29, 1.82) is 0 Å². The molecule has 1 atom stereocenters. The monoisotopic (exact) mass is 377 g/mol. The Kier molecular flexibility index (Phi) is 4.13. The highest BCUT2D eigenvalue weighted by molar-refractivity contribution is 9.10. The number of piperazine rings is 1. The van der Waals surface area contributed by atoms with Crippen LogP contribution in [0.3, 0.4) is 0 Å². The Morgan fingerprint density at radius 2 is 2.04 bits per heavy atom. The molecule has 2 fully saturated rings. The number of fused-ring (bicyclic) bond motifs is 1. The summed E-state index contributed by atoms with van der Waals surface area (Å²) in [6, 6.07) is 8.13. The Balaban J connectivity index is 1.48. The first-order chi connectivity index (χ1) is 11.2. The van der Waals surface area contributed by atoms with Crippen LogP contribution in [0.5, 0.6) is 0 Å². The molecule has 0 aliphatic carbocycles. The fourth-order valence-electron chi connectivity index (χ4n) is 3.55. The van der Waals surface area contributed by atoms with Gasteiger partial charge >= 0.3 is 0 Å². The van der Waals surface area contributed by atoms with E-state index in [4.69, 9.17) is 4.42 Å². The van der Waals surface area contributed by atoms with Gasteiger partial charge < -0.3 is 14.6 Å². The molecule has 2 aliphatic heterocycles. The van der Waals surface area contributed by atoms with E-state index in [1.165, 1.54) is 0 Å². The normalized spacial score (nSPS) is 22.8. The van der Waals surface area contributed by atoms with Crippen LogP contribution >= 0.6 is 15.9 Å². The Bertz CT molecular complexity index is 724. The lowest BCUT2D eigenvalue weighted by Gasteiger charge is -2.32. The van der Waals surface area contributed by atoms with Crippen molar-refractivity contribution in [3.8, 4) is 0 Å². The lowest BCUT2D eigenvalue weighted by molar-refractivity contribution is 0.0744. The van der Waals surface area contributed by atoms with Gasteiger partial charge in [-0.25, -0.2) is 0 Å². The van der Waals surface area contributed by atoms with Gasteiger partial charge in [0.15, 0.2) is 5.76 Å². The van der Waals surface area contributed by atoms with E-state index < -0.39 is 0 Å². The zero-order valence-corrected chi connectivity index (χ0v) is 14.5. The van der Waals surface area contributed by atoms with Crippen LogP contribution in [-0.2, 0) is 0 Å². The van der Waals surface area contributed by atoms with E-state index in [1.54, 1.807) is 0 Å². The minimum atomic E-state index is 0.00922. The van der Waals surface area contributed by atoms with Crippen molar-refractivity contribution in [2.24, 2.45) is 0 Å². The molecule has 23 heavy (non-hydrogen) atoms. The van der Waals surface area contributed by atoms with E-state index in [1.807, 2.05) is 29.2 Å². The van der Waals surface area contributed by atoms with Crippen molar-refractivity contribution in [1.82, 2.24) is 15.1 Å². The van der Waals surface area contributed by atoms with Gasteiger partial charge in [-0.2, -0.15) is 0 Å². The van der Waals surface area contributed by atoms with E-state index in [-0.39, 0.29) is 5.91 Å². The lowest BCUT2D eigenvalue weighted by Crippen LogP contribution is -2.49. The number of rotatable bonds is 2. The van der Waals surface area contributed by atoms with Crippen LogP contribution in [0.15, 0.2) is 33.2 Å². The lowest BCUT2D eigenvalue weighted by atomic mass is 10.2. The van der Waals surface area contributed by atoms with Crippen LogP contribution in [0.2, 0.25) is 0 Å². The zero-order valence-electron chi connectivity index (χ0n) is 12.9. The van der Waals surface area contributed by atoms with Gasteiger partial charge in [0.05, 0.1) is 0 Å². The van der Waals surface area contributed by atoms with Gasteiger partial charge in [-0.05, 0) is 30.7 Å². The van der Waals surface area contributed by atoms with Crippen LogP contribution in [0.4, 0.5) is 0 Å². The highest BCUT2D eigenvalue weighted by atomic mass is 79.9. The number of carbonyl (C=O) groups excluding carboxylic acids is 1. The van der Waals surface area contributed by atoms with Crippen LogP contribution in [-0.4, -0.2) is 61.0 Å². The van der Waals surface area contributed by atoms with Crippen molar-refractivity contribution in [3.63, 3.8) is 0 Å². The molecule has 2 aliphatic rings. The molecular formula is C17H20BrN3O2. The summed E-state index contributed by atoms with van der Waals surface area (Å²) >= 11 is 3.45. The fourth-order valence-corrected chi connectivity index (χ4v) is 3.93. The first kappa shape index (κ1) is 15.2. The van der Waals surface area contributed by atoms with Gasteiger partial charge in [0.2, 0.25) is 0 Å². The Labute approximate surface area is 143 Å². The molecule has 0 spiro atoms. The smallest absolute Gasteiger partial charge is 0.289 e. The molecule has 122 valence electrons. The van der Waals surface area contributed by atoms with Crippen LogP contribution in [0.1, 0.15) is 17.0 Å². The number of likely N-dealkylation sites (tertiary alicyclic amines) is 1. The van der Waals surface area contributed by atoms with Crippen molar-refractivity contribution < 1.29 is 9.21 Å². The van der Waals surface area contributed by atoms with E-state index >= 15 is 0 Å². The average molecular weight is 378 g/mol. The van der Waals surface area contributed by atoms with E-state index in [0.717, 1.165) is 61.1 Å². The second kappa shape index (κ2) is 6.26. The van der Waals surface area contributed by atoms with Crippen LogP contribution in [0, 0.1) is 0 Å². The summed E-state index contributed by atoms with van der Waals surface area (Å²) < 4.78 is 6.73. The maximum atomic E-state index is 12.7. The quantitative estimate of drug-likeness (QED) is 0.872. The molecule has 4 rings (SSSR count). The van der Waals surface area contributed by atoms with Gasteiger partial charge in [-0.3, -0.25) is 9.69 Å². The highest BCUT2D eigenvalue weighted by Gasteiger charge is 2.32. The molecule has 1 aromatic carbocycles. The minimum absolute atomic E-state index is 0.00922. The summed E-state index contributed by atoms with van der Waals surface area (Å²) in [7, 11) is 0. The predicted octanol–water partition coefficient (Wildman–Crippen LogP) is 2.32. The van der Waals surface area contributed by atoms with Gasteiger partial charge in [0.25, 0.3) is 5.91 Å². The van der Waals surface area contributed by atoms with Gasteiger partial charge in [0.1, 0.15) is 5.58 Å². The summed E-state index contributed by atoms with van der Waals surface area (Å²) in [5.41, 5.74) is 0.759. The molecule has 1 N–H and O–H groups in total. The Hall–Kier alpha value is -1.37. The van der Waals surface area contributed by atoms with E-state index in [0.29, 0.717) is 11.8 Å². The minimum Gasteiger partial charge on any atom is -0.451 e. The summed E-state index contributed by atoms with van der Waals surface area (Å²) in [6.45, 7) is 5.86. The maximum absolute atomic E-state index is 12.7. The molecule has 0 bridgehead atoms. The summed E-state index contributed by atoms with van der Waals surface area (Å²) in [4.78, 5) is 17.1. The molecular weight excluding hydrogens is 358 g/mol. The van der Waals surface area contributed by atoms with Gasteiger partial charge in [-0.15, -0.1) is 0 Å². The third-order valence-corrected chi connectivity index (χ3v) is 5.30. The summed E-state index contributed by atoms with van der Waals surface area (Å²) in [5, 5.41) is 4.34. The molecule has 1 aromatic heterocycles. The first-order valence-corrected chi connectivity index (χ1v) is 8.93. The van der Waals surface area contributed by atoms with Crippen LogP contribution < -0.4 is 5.32 Å². The highest BCUT2D eigenvalue weighted by Crippen LogP contribution is 2.25. The van der Waals surface area contributed by atoms with Crippen molar-refractivity contribution in [2.45, 2.75) is 12.5 Å². The van der Waals surface area contributed by atoms with E-state index in [2.05, 4.69) is 26.1 Å². The average Bonchev–Trinajstić information content (AvgIpc) is 3.21. The Morgan fingerprint density at radius 3 is 2.87 bits per heavy atom. The SMILES string of the molecule is O=C(c1cc2cc(Br)ccc2o1)N1CCC(N2CCNCC2)C1. The number of nitrogens with zero attached hydrogens (tertiary/aromatic N) is 2. The van der Waals surface area contributed by atoms with Crippen molar-refractivity contribution in [3.05, 3.63) is 34.5 Å². The number of hydrogen-bond acceptors (Lipinski definition) is 4. The molecule has 2 aromatic rings. The number of carbonyl (C=O) groups is 1. The number of benzene rings is 1. The maximum Gasteiger partial charge on any atom is 0.289 e. The number of halogens is 1. The molecule has 5 nitrogen and oxygen atoms in total. The second-order valence-corrected chi connectivity index (χ2v) is 7.19. The van der Waals surface area contributed by atoms with Gasteiger partial charge in [0, 0.05) is 55.2 Å². The first-order valence-electron chi connectivity index (χ1n) is 8.14. The van der Waals surface area contributed by atoms with Gasteiger partial charge in [-0.1, -0.05) is 15.9 Å². The van der Waals surface area contributed by atoms with Crippen molar-refractivity contribution in [2.75, 3.05) is 39.3 Å². The number of nitrogens with one attached hydrogen (secondary N) is 1. The fraction of sp³-hybridized carbons (Fsp3) is 0.471. The number of amides is 1. The molecule has 0 radical (unpaired) electrons. The predicted molar refractivity (Wildman–Crippen MR) is 92.7 cm³/mol. The molecule has 1 amide bonds. The zero-order chi connectivity index (χ0) is 15.8. The summed E-state index contributed by atoms with van der Waals surface area (Å²) in [5.74, 6) is 0.453. The van der Waals surface area contributed by atoms with Crippen LogP contribution in [0.25, 0.3) is 11.0 Å². The summed E-state index contributed by atoms with van der Waals surface area (Å²) in [6.07, 6.45) is 1.05. The second-order valence-electron chi connectivity index (χ2n) is 6.27. The number of furan rings is 1. The molecule has 2 saturated heterocycles. The topological polar surface area (TPSA) is 48.7 Å². The molecule has 0 saturated carbocycles. The van der Waals surface area contributed by atoms with Crippen molar-refractivity contribution >= 4 is 32.8 Å². The largest absolute Gasteiger partial charge is 0.451 e. The molecule has 6 heteroatoms.